The van der Waals surface area contributed by atoms with E-state index < -0.39 is 0 Å². The standard InChI is InChI=1S/C18H16N2O2S/c19-20-18(21)17-11-10-16(23-17)14-8-4-5-9-15(14)22-12-13-6-2-1-3-7-13/h1-11H,12,19H2,(H,20,21). The van der Waals surface area contributed by atoms with Gasteiger partial charge in [-0.15, -0.1) is 11.3 Å². The highest BCUT2D eigenvalue weighted by Crippen LogP contribution is 2.35. The summed E-state index contributed by atoms with van der Waals surface area (Å²) in [6.07, 6.45) is 0. The molecule has 0 unspecified atom stereocenters. The van der Waals surface area contributed by atoms with Crippen LogP contribution in [0.1, 0.15) is 15.2 Å². The summed E-state index contributed by atoms with van der Waals surface area (Å²) in [7, 11) is 0. The quantitative estimate of drug-likeness (QED) is 0.428. The third-order valence-corrected chi connectivity index (χ3v) is 4.47. The minimum atomic E-state index is -0.288. The number of nitrogens with two attached hydrogens (primary N) is 1. The van der Waals surface area contributed by atoms with Gasteiger partial charge in [-0.2, -0.15) is 0 Å². The highest BCUT2D eigenvalue weighted by Gasteiger charge is 2.12. The summed E-state index contributed by atoms with van der Waals surface area (Å²) < 4.78 is 5.96. The molecule has 0 atom stereocenters. The van der Waals surface area contributed by atoms with Crippen LogP contribution in [0.2, 0.25) is 0 Å². The Morgan fingerprint density at radius 3 is 2.52 bits per heavy atom. The fourth-order valence-corrected chi connectivity index (χ4v) is 3.15. The third kappa shape index (κ3) is 3.59. The van der Waals surface area contributed by atoms with Gasteiger partial charge in [-0.05, 0) is 29.8 Å². The first-order chi connectivity index (χ1) is 11.3. The molecule has 3 aromatic rings. The lowest BCUT2D eigenvalue weighted by Crippen LogP contribution is -2.29. The van der Waals surface area contributed by atoms with Gasteiger partial charge in [0.2, 0.25) is 0 Å². The SMILES string of the molecule is NNC(=O)c1ccc(-c2ccccc2OCc2ccccc2)s1. The van der Waals surface area contributed by atoms with Crippen molar-refractivity contribution in [1.29, 1.82) is 0 Å². The molecule has 23 heavy (non-hydrogen) atoms. The van der Waals surface area contributed by atoms with Gasteiger partial charge in [0.05, 0.1) is 4.88 Å². The maximum absolute atomic E-state index is 11.6. The average molecular weight is 324 g/mol. The van der Waals surface area contributed by atoms with Crippen LogP contribution < -0.4 is 16.0 Å². The predicted molar refractivity (Wildman–Crippen MR) is 92.2 cm³/mol. The van der Waals surface area contributed by atoms with Crippen LogP contribution in [0.5, 0.6) is 5.75 Å². The Hall–Kier alpha value is -2.63. The van der Waals surface area contributed by atoms with E-state index in [9.17, 15) is 4.79 Å². The van der Waals surface area contributed by atoms with E-state index >= 15 is 0 Å². The summed E-state index contributed by atoms with van der Waals surface area (Å²) in [5.41, 5.74) is 4.22. The van der Waals surface area contributed by atoms with E-state index in [1.54, 1.807) is 6.07 Å². The molecule has 0 aliphatic rings. The van der Waals surface area contributed by atoms with Crippen LogP contribution in [0.3, 0.4) is 0 Å². The molecule has 0 radical (unpaired) electrons. The highest BCUT2D eigenvalue weighted by atomic mass is 32.1. The lowest BCUT2D eigenvalue weighted by Gasteiger charge is -2.10. The van der Waals surface area contributed by atoms with Crippen LogP contribution >= 0.6 is 11.3 Å². The zero-order valence-corrected chi connectivity index (χ0v) is 13.2. The number of carbonyl (C=O) groups excluding carboxylic acids is 1. The van der Waals surface area contributed by atoms with Crippen molar-refractivity contribution in [3.8, 4) is 16.2 Å². The van der Waals surface area contributed by atoms with E-state index in [0.717, 1.165) is 21.8 Å². The maximum Gasteiger partial charge on any atom is 0.275 e. The molecular formula is C18H16N2O2S. The van der Waals surface area contributed by atoms with Crippen LogP contribution in [-0.2, 0) is 6.61 Å². The van der Waals surface area contributed by atoms with E-state index in [2.05, 4.69) is 5.43 Å². The second-order valence-corrected chi connectivity index (χ2v) is 5.99. The summed E-state index contributed by atoms with van der Waals surface area (Å²) in [5, 5.41) is 0. The molecule has 0 bridgehead atoms. The smallest absolute Gasteiger partial charge is 0.275 e. The first-order valence-corrected chi connectivity index (χ1v) is 7.96. The molecule has 0 saturated heterocycles. The van der Waals surface area contributed by atoms with Gasteiger partial charge in [-0.1, -0.05) is 42.5 Å². The minimum absolute atomic E-state index is 0.288. The van der Waals surface area contributed by atoms with Crippen molar-refractivity contribution in [2.75, 3.05) is 0 Å². The second-order valence-electron chi connectivity index (χ2n) is 4.91. The topological polar surface area (TPSA) is 64.3 Å². The van der Waals surface area contributed by atoms with Crippen molar-refractivity contribution in [3.05, 3.63) is 77.2 Å². The Bertz CT molecular complexity index is 800. The summed E-state index contributed by atoms with van der Waals surface area (Å²) in [6, 6.07) is 21.5. The number of amides is 1. The largest absolute Gasteiger partial charge is 0.488 e. The molecule has 0 fully saturated rings. The number of para-hydroxylation sites is 1. The molecule has 116 valence electrons. The van der Waals surface area contributed by atoms with Crippen molar-refractivity contribution in [2.45, 2.75) is 6.61 Å². The molecule has 3 rings (SSSR count). The van der Waals surface area contributed by atoms with Gasteiger partial charge in [-0.3, -0.25) is 10.2 Å². The fraction of sp³-hybridized carbons (Fsp3) is 0.0556. The van der Waals surface area contributed by atoms with Crippen LogP contribution in [0.25, 0.3) is 10.4 Å². The molecule has 1 amide bonds. The first kappa shape index (κ1) is 15.3. The third-order valence-electron chi connectivity index (χ3n) is 3.35. The van der Waals surface area contributed by atoms with Gasteiger partial charge >= 0.3 is 0 Å². The lowest BCUT2D eigenvalue weighted by molar-refractivity contribution is 0.0957. The fourth-order valence-electron chi connectivity index (χ4n) is 2.21. The number of rotatable bonds is 5. The van der Waals surface area contributed by atoms with E-state index in [1.807, 2.05) is 60.7 Å². The normalized spacial score (nSPS) is 10.3. The molecule has 1 aromatic heterocycles. The van der Waals surface area contributed by atoms with Gasteiger partial charge in [0.25, 0.3) is 5.91 Å². The van der Waals surface area contributed by atoms with E-state index in [0.29, 0.717) is 11.5 Å². The number of nitrogen functional groups attached to an aromatic ring is 1. The molecule has 1 heterocycles. The van der Waals surface area contributed by atoms with Crippen molar-refractivity contribution in [1.82, 2.24) is 5.43 Å². The van der Waals surface area contributed by atoms with Crippen LogP contribution in [0.4, 0.5) is 0 Å². The van der Waals surface area contributed by atoms with E-state index in [4.69, 9.17) is 10.6 Å². The Morgan fingerprint density at radius 1 is 1.00 bits per heavy atom. The van der Waals surface area contributed by atoms with Crippen LogP contribution in [0.15, 0.2) is 66.7 Å². The maximum atomic E-state index is 11.6. The van der Waals surface area contributed by atoms with E-state index in [1.165, 1.54) is 11.3 Å². The predicted octanol–water partition coefficient (Wildman–Crippen LogP) is 3.60. The molecule has 4 nitrogen and oxygen atoms in total. The molecule has 0 aliphatic heterocycles. The van der Waals surface area contributed by atoms with Crippen LogP contribution in [0, 0.1) is 0 Å². The number of thiophene rings is 1. The number of hydrazine groups is 1. The second kappa shape index (κ2) is 7.09. The number of carbonyl (C=O) groups is 1. The monoisotopic (exact) mass is 324 g/mol. The van der Waals surface area contributed by atoms with Crippen molar-refractivity contribution in [3.63, 3.8) is 0 Å². The molecule has 0 aliphatic carbocycles. The molecule has 5 heteroatoms. The summed E-state index contributed by atoms with van der Waals surface area (Å²) in [4.78, 5) is 13.1. The summed E-state index contributed by atoms with van der Waals surface area (Å²) >= 11 is 1.38. The van der Waals surface area contributed by atoms with Gasteiger partial charge in [-0.25, -0.2) is 5.84 Å². The molecular weight excluding hydrogens is 308 g/mol. The molecule has 2 aromatic carbocycles. The van der Waals surface area contributed by atoms with Gasteiger partial charge < -0.3 is 4.74 Å². The molecule has 3 N–H and O–H groups in total. The highest BCUT2D eigenvalue weighted by molar-refractivity contribution is 7.17. The van der Waals surface area contributed by atoms with Gasteiger partial charge in [0, 0.05) is 10.4 Å². The summed E-state index contributed by atoms with van der Waals surface area (Å²) in [5.74, 6) is 5.68. The Labute approximate surface area is 138 Å². The number of hydrogen-bond acceptors (Lipinski definition) is 4. The Morgan fingerprint density at radius 2 is 1.74 bits per heavy atom. The number of benzene rings is 2. The van der Waals surface area contributed by atoms with Gasteiger partial charge in [0.1, 0.15) is 12.4 Å². The Balaban J connectivity index is 1.83. The van der Waals surface area contributed by atoms with Crippen molar-refractivity contribution < 1.29 is 9.53 Å². The number of ether oxygens (including phenoxy) is 1. The minimum Gasteiger partial charge on any atom is -0.488 e. The first-order valence-electron chi connectivity index (χ1n) is 7.15. The average Bonchev–Trinajstić information content (AvgIpc) is 3.10. The van der Waals surface area contributed by atoms with E-state index in [-0.39, 0.29) is 5.91 Å². The van der Waals surface area contributed by atoms with Gasteiger partial charge in [0.15, 0.2) is 0 Å². The molecule has 0 spiro atoms. The van der Waals surface area contributed by atoms with Crippen molar-refractivity contribution >= 4 is 17.2 Å². The zero-order chi connectivity index (χ0) is 16.1. The zero-order valence-electron chi connectivity index (χ0n) is 12.4. The number of hydrogen-bond donors (Lipinski definition) is 2. The molecule has 0 saturated carbocycles. The number of nitrogens with one attached hydrogen (secondary N) is 1. The Kier molecular flexibility index (Phi) is 4.71. The lowest BCUT2D eigenvalue weighted by atomic mass is 10.1. The van der Waals surface area contributed by atoms with Crippen molar-refractivity contribution in [2.24, 2.45) is 5.84 Å². The van der Waals surface area contributed by atoms with Crippen LogP contribution in [-0.4, -0.2) is 5.91 Å². The summed E-state index contributed by atoms with van der Waals surface area (Å²) in [6.45, 7) is 0.499.